The molecule has 0 N–H and O–H groups in total. The molecule has 0 aliphatic rings. The van der Waals surface area contributed by atoms with E-state index in [2.05, 4.69) is 9.98 Å². The molecule has 58 valence electrons. The molecule has 0 fully saturated rings. The summed E-state index contributed by atoms with van der Waals surface area (Å²) in [5.74, 6) is -0.328. The predicted molar refractivity (Wildman–Crippen MR) is 42.3 cm³/mol. The smallest absolute Gasteiger partial charge is 0.142 e. The summed E-state index contributed by atoms with van der Waals surface area (Å²) in [6.07, 6.45) is 2.76. The molecule has 0 spiro atoms. The zero-order valence-electron chi connectivity index (χ0n) is 6.50. The summed E-state index contributed by atoms with van der Waals surface area (Å²) < 4.78 is 12.5. The van der Waals surface area contributed by atoms with E-state index in [0.29, 0.717) is 0 Å². The third-order valence-corrected chi connectivity index (χ3v) is 1.46. The largest absolute Gasteiger partial charge is 0.293 e. The standard InChI is InChI=1S/C8H9FN2/c1-6(10-2)7-3-8(9)5-11-4-7/h3-5H,1-2H3. The lowest BCUT2D eigenvalue weighted by Crippen LogP contribution is -1.95. The maximum Gasteiger partial charge on any atom is 0.142 e. The molecule has 0 saturated carbocycles. The van der Waals surface area contributed by atoms with E-state index in [-0.39, 0.29) is 5.82 Å². The Balaban J connectivity index is 3.06. The van der Waals surface area contributed by atoms with E-state index in [1.165, 1.54) is 12.3 Å². The third-order valence-electron chi connectivity index (χ3n) is 1.46. The molecule has 2 nitrogen and oxygen atoms in total. The van der Waals surface area contributed by atoms with Crippen LogP contribution in [-0.4, -0.2) is 17.7 Å². The number of halogens is 1. The first-order valence-electron chi connectivity index (χ1n) is 3.28. The van der Waals surface area contributed by atoms with Gasteiger partial charge in [-0.25, -0.2) is 4.39 Å². The Morgan fingerprint density at radius 1 is 1.55 bits per heavy atom. The van der Waals surface area contributed by atoms with E-state index in [1.807, 2.05) is 6.92 Å². The minimum atomic E-state index is -0.328. The molecule has 1 aromatic rings. The van der Waals surface area contributed by atoms with E-state index >= 15 is 0 Å². The van der Waals surface area contributed by atoms with Crippen molar-refractivity contribution in [2.45, 2.75) is 6.92 Å². The van der Waals surface area contributed by atoms with Crippen LogP contribution >= 0.6 is 0 Å². The molecule has 0 aromatic carbocycles. The molecule has 0 unspecified atom stereocenters. The van der Waals surface area contributed by atoms with Crippen LogP contribution in [0.25, 0.3) is 0 Å². The summed E-state index contributed by atoms with van der Waals surface area (Å²) >= 11 is 0. The van der Waals surface area contributed by atoms with Gasteiger partial charge in [0, 0.05) is 24.5 Å². The molecule has 0 bridgehead atoms. The van der Waals surface area contributed by atoms with Gasteiger partial charge in [0.2, 0.25) is 0 Å². The fraction of sp³-hybridized carbons (Fsp3) is 0.250. The Labute approximate surface area is 64.8 Å². The molecule has 1 heterocycles. The number of rotatable bonds is 1. The Kier molecular flexibility index (Phi) is 2.31. The van der Waals surface area contributed by atoms with Crippen molar-refractivity contribution in [3.8, 4) is 0 Å². The van der Waals surface area contributed by atoms with Crippen LogP contribution in [0.15, 0.2) is 23.5 Å². The number of hydrogen-bond acceptors (Lipinski definition) is 2. The highest BCUT2D eigenvalue weighted by molar-refractivity contribution is 5.98. The summed E-state index contributed by atoms with van der Waals surface area (Å²) in [7, 11) is 1.67. The lowest BCUT2D eigenvalue weighted by Gasteiger charge is -1.96. The van der Waals surface area contributed by atoms with Crippen LogP contribution in [0, 0.1) is 5.82 Å². The summed E-state index contributed by atoms with van der Waals surface area (Å²) in [6.45, 7) is 1.82. The van der Waals surface area contributed by atoms with Crippen molar-refractivity contribution in [3.63, 3.8) is 0 Å². The summed E-state index contributed by atoms with van der Waals surface area (Å²) in [5, 5.41) is 0. The van der Waals surface area contributed by atoms with Crippen LogP contribution in [0.1, 0.15) is 12.5 Å². The second kappa shape index (κ2) is 3.23. The van der Waals surface area contributed by atoms with E-state index in [4.69, 9.17) is 0 Å². The van der Waals surface area contributed by atoms with Gasteiger partial charge in [-0.1, -0.05) is 0 Å². The number of hydrogen-bond donors (Lipinski definition) is 0. The van der Waals surface area contributed by atoms with Crippen molar-refractivity contribution in [3.05, 3.63) is 29.8 Å². The van der Waals surface area contributed by atoms with Gasteiger partial charge in [0.1, 0.15) is 5.82 Å². The van der Waals surface area contributed by atoms with Gasteiger partial charge in [0.05, 0.1) is 6.20 Å². The first-order valence-corrected chi connectivity index (χ1v) is 3.28. The Morgan fingerprint density at radius 2 is 2.27 bits per heavy atom. The first-order chi connectivity index (χ1) is 5.24. The maximum absolute atomic E-state index is 12.5. The molecular weight excluding hydrogens is 143 g/mol. The lowest BCUT2D eigenvalue weighted by molar-refractivity contribution is 0.621. The average molecular weight is 152 g/mol. The van der Waals surface area contributed by atoms with Gasteiger partial charge >= 0.3 is 0 Å². The van der Waals surface area contributed by atoms with Crippen LogP contribution in [0.4, 0.5) is 4.39 Å². The molecular formula is C8H9FN2. The zero-order valence-corrected chi connectivity index (χ0v) is 6.50. The fourth-order valence-corrected chi connectivity index (χ4v) is 0.739. The highest BCUT2D eigenvalue weighted by Crippen LogP contribution is 2.01. The molecule has 11 heavy (non-hydrogen) atoms. The maximum atomic E-state index is 12.5. The Hall–Kier alpha value is -1.25. The summed E-state index contributed by atoms with van der Waals surface area (Å²) in [5.41, 5.74) is 1.52. The lowest BCUT2D eigenvalue weighted by atomic mass is 10.2. The average Bonchev–Trinajstić information content (AvgIpc) is 2.03. The second-order valence-electron chi connectivity index (χ2n) is 2.20. The molecule has 0 aliphatic heterocycles. The quantitative estimate of drug-likeness (QED) is 0.562. The van der Waals surface area contributed by atoms with Crippen molar-refractivity contribution in [2.75, 3.05) is 7.05 Å². The van der Waals surface area contributed by atoms with Gasteiger partial charge in [0.25, 0.3) is 0 Å². The van der Waals surface area contributed by atoms with E-state index < -0.39 is 0 Å². The van der Waals surface area contributed by atoms with Crippen molar-refractivity contribution < 1.29 is 4.39 Å². The zero-order chi connectivity index (χ0) is 8.27. The Bertz CT molecular complexity index is 281. The summed E-state index contributed by atoms with van der Waals surface area (Å²) in [6, 6.07) is 1.41. The third kappa shape index (κ3) is 1.83. The Morgan fingerprint density at radius 3 is 2.82 bits per heavy atom. The van der Waals surface area contributed by atoms with Crippen molar-refractivity contribution in [1.82, 2.24) is 4.98 Å². The van der Waals surface area contributed by atoms with Gasteiger partial charge in [-0.15, -0.1) is 0 Å². The van der Waals surface area contributed by atoms with E-state index in [1.54, 1.807) is 13.2 Å². The molecule has 0 saturated heterocycles. The molecule has 0 amide bonds. The van der Waals surface area contributed by atoms with Gasteiger partial charge in [-0.05, 0) is 13.0 Å². The van der Waals surface area contributed by atoms with Crippen LogP contribution in [0.2, 0.25) is 0 Å². The van der Waals surface area contributed by atoms with Crippen molar-refractivity contribution >= 4 is 5.71 Å². The molecule has 0 aliphatic carbocycles. The van der Waals surface area contributed by atoms with Gasteiger partial charge < -0.3 is 0 Å². The van der Waals surface area contributed by atoms with Crippen LogP contribution in [0.3, 0.4) is 0 Å². The summed E-state index contributed by atoms with van der Waals surface area (Å²) in [4.78, 5) is 7.61. The number of aromatic nitrogens is 1. The van der Waals surface area contributed by atoms with Gasteiger partial charge in [-0.2, -0.15) is 0 Å². The van der Waals surface area contributed by atoms with Crippen molar-refractivity contribution in [1.29, 1.82) is 0 Å². The fourth-order valence-electron chi connectivity index (χ4n) is 0.739. The molecule has 0 radical (unpaired) electrons. The second-order valence-corrected chi connectivity index (χ2v) is 2.20. The van der Waals surface area contributed by atoms with Gasteiger partial charge in [0.15, 0.2) is 0 Å². The van der Waals surface area contributed by atoms with E-state index in [9.17, 15) is 4.39 Å². The minimum absolute atomic E-state index is 0.328. The highest BCUT2D eigenvalue weighted by Gasteiger charge is 1.97. The van der Waals surface area contributed by atoms with Crippen LogP contribution < -0.4 is 0 Å². The molecule has 1 rings (SSSR count). The molecule has 0 atom stereocenters. The number of nitrogens with zero attached hydrogens (tertiary/aromatic N) is 2. The highest BCUT2D eigenvalue weighted by atomic mass is 19.1. The number of aliphatic imine (C=N–C) groups is 1. The minimum Gasteiger partial charge on any atom is -0.293 e. The van der Waals surface area contributed by atoms with Crippen LogP contribution in [-0.2, 0) is 0 Å². The SMILES string of the molecule is CN=C(C)c1cncc(F)c1. The molecule has 1 aromatic heterocycles. The monoisotopic (exact) mass is 152 g/mol. The van der Waals surface area contributed by atoms with Crippen LogP contribution in [0.5, 0.6) is 0 Å². The van der Waals surface area contributed by atoms with Crippen molar-refractivity contribution in [2.24, 2.45) is 4.99 Å². The normalized spacial score (nSPS) is 11.7. The predicted octanol–water partition coefficient (Wildman–Crippen LogP) is 1.66. The number of pyridine rings is 1. The van der Waals surface area contributed by atoms with Gasteiger partial charge in [-0.3, -0.25) is 9.98 Å². The topological polar surface area (TPSA) is 25.2 Å². The first kappa shape index (κ1) is 7.85. The molecule has 3 heteroatoms. The van der Waals surface area contributed by atoms with E-state index in [0.717, 1.165) is 11.3 Å².